The van der Waals surface area contributed by atoms with Crippen LogP contribution in [0, 0.1) is 17.1 Å². The van der Waals surface area contributed by atoms with Crippen LogP contribution in [0.25, 0.3) is 11.1 Å². The molecule has 0 radical (unpaired) electrons. The standard InChI is InChI=1S/C18H15FN4O3/c1-11(24)21-9-15-10-23(18(25)26-15)14-4-5-16(17(19)6-14)12-2-3-13(7-20)22-8-12/h2-6,8,15H,9-10H2,1H3,(H,21,24). The Balaban J connectivity index is 1.78. The fourth-order valence-electron chi connectivity index (χ4n) is 2.62. The van der Waals surface area contributed by atoms with E-state index < -0.39 is 18.0 Å². The number of nitrogens with zero attached hydrogens (tertiary/aromatic N) is 3. The summed E-state index contributed by atoms with van der Waals surface area (Å²) in [7, 11) is 0. The van der Waals surface area contributed by atoms with E-state index in [1.807, 2.05) is 6.07 Å². The molecule has 0 saturated carbocycles. The molecule has 1 aliphatic heterocycles. The molecule has 0 aliphatic carbocycles. The van der Waals surface area contributed by atoms with E-state index in [0.29, 0.717) is 16.8 Å². The lowest BCUT2D eigenvalue weighted by Gasteiger charge is -2.14. The van der Waals surface area contributed by atoms with Gasteiger partial charge in [0.25, 0.3) is 0 Å². The molecule has 1 fully saturated rings. The summed E-state index contributed by atoms with van der Waals surface area (Å²) in [4.78, 5) is 28.2. The van der Waals surface area contributed by atoms with Crippen molar-refractivity contribution < 1.29 is 18.7 Å². The van der Waals surface area contributed by atoms with E-state index in [-0.39, 0.29) is 24.7 Å². The summed E-state index contributed by atoms with van der Waals surface area (Å²) in [6.45, 7) is 1.80. The van der Waals surface area contributed by atoms with Gasteiger partial charge in [0.1, 0.15) is 23.7 Å². The van der Waals surface area contributed by atoms with E-state index in [1.54, 1.807) is 18.2 Å². The zero-order valence-electron chi connectivity index (χ0n) is 13.9. The normalized spacial score (nSPS) is 16.1. The molecule has 0 bridgehead atoms. The van der Waals surface area contributed by atoms with Gasteiger partial charge in [0.2, 0.25) is 5.91 Å². The van der Waals surface area contributed by atoms with Crippen molar-refractivity contribution in [2.24, 2.45) is 0 Å². The summed E-state index contributed by atoms with van der Waals surface area (Å²) < 4.78 is 19.7. The van der Waals surface area contributed by atoms with Crippen LogP contribution in [0.3, 0.4) is 0 Å². The van der Waals surface area contributed by atoms with Crippen LogP contribution in [-0.2, 0) is 9.53 Å². The lowest BCUT2D eigenvalue weighted by atomic mass is 10.1. The number of nitriles is 1. The van der Waals surface area contributed by atoms with Crippen molar-refractivity contribution in [2.45, 2.75) is 13.0 Å². The van der Waals surface area contributed by atoms with E-state index in [0.717, 1.165) is 0 Å². The summed E-state index contributed by atoms with van der Waals surface area (Å²) in [5.74, 6) is -0.738. The predicted molar refractivity (Wildman–Crippen MR) is 90.6 cm³/mol. The molecule has 1 aromatic heterocycles. The molecular weight excluding hydrogens is 339 g/mol. The van der Waals surface area contributed by atoms with Gasteiger partial charge in [-0.25, -0.2) is 14.2 Å². The van der Waals surface area contributed by atoms with Crippen LogP contribution in [0.2, 0.25) is 0 Å². The molecule has 1 aromatic carbocycles. The highest BCUT2D eigenvalue weighted by molar-refractivity contribution is 5.90. The summed E-state index contributed by atoms with van der Waals surface area (Å²) in [5.41, 5.74) is 1.45. The molecule has 26 heavy (non-hydrogen) atoms. The van der Waals surface area contributed by atoms with E-state index in [1.165, 1.54) is 30.2 Å². The van der Waals surface area contributed by atoms with Gasteiger partial charge >= 0.3 is 6.09 Å². The van der Waals surface area contributed by atoms with Crippen molar-refractivity contribution >= 4 is 17.7 Å². The third-order valence-electron chi connectivity index (χ3n) is 3.91. The Morgan fingerprint density at radius 3 is 2.88 bits per heavy atom. The molecule has 2 heterocycles. The highest BCUT2D eigenvalue weighted by Crippen LogP contribution is 2.28. The number of hydrogen-bond donors (Lipinski definition) is 1. The summed E-state index contributed by atoms with van der Waals surface area (Å²) in [6.07, 6.45) is 0.342. The van der Waals surface area contributed by atoms with Gasteiger partial charge in [-0.15, -0.1) is 0 Å². The van der Waals surface area contributed by atoms with Crippen molar-refractivity contribution in [3.8, 4) is 17.2 Å². The van der Waals surface area contributed by atoms with Crippen LogP contribution in [-0.4, -0.2) is 36.2 Å². The number of carbonyl (C=O) groups excluding carboxylic acids is 2. The monoisotopic (exact) mass is 354 g/mol. The minimum Gasteiger partial charge on any atom is -0.442 e. The van der Waals surface area contributed by atoms with Gasteiger partial charge in [-0.3, -0.25) is 9.69 Å². The maximum absolute atomic E-state index is 14.5. The van der Waals surface area contributed by atoms with Crippen molar-refractivity contribution in [3.05, 3.63) is 48.0 Å². The summed E-state index contributed by atoms with van der Waals surface area (Å²) >= 11 is 0. The molecule has 1 unspecified atom stereocenters. The van der Waals surface area contributed by atoms with Crippen LogP contribution in [0.4, 0.5) is 14.9 Å². The van der Waals surface area contributed by atoms with Crippen molar-refractivity contribution in [3.63, 3.8) is 0 Å². The minimum absolute atomic E-state index is 0.203. The smallest absolute Gasteiger partial charge is 0.414 e. The fraction of sp³-hybridized carbons (Fsp3) is 0.222. The van der Waals surface area contributed by atoms with Crippen LogP contribution in [0.5, 0.6) is 0 Å². The number of carbonyl (C=O) groups is 2. The number of cyclic esters (lactones) is 1. The number of aromatic nitrogens is 1. The minimum atomic E-state index is -0.590. The maximum Gasteiger partial charge on any atom is 0.414 e. The van der Waals surface area contributed by atoms with Gasteiger partial charge in [-0.05, 0) is 30.3 Å². The Morgan fingerprint density at radius 1 is 1.46 bits per heavy atom. The number of benzene rings is 1. The van der Waals surface area contributed by atoms with Gasteiger partial charge < -0.3 is 10.1 Å². The summed E-state index contributed by atoms with van der Waals surface area (Å²) in [6, 6.07) is 9.42. The lowest BCUT2D eigenvalue weighted by Crippen LogP contribution is -2.33. The molecule has 1 saturated heterocycles. The second-order valence-corrected chi connectivity index (χ2v) is 5.76. The molecule has 1 N–H and O–H groups in total. The van der Waals surface area contributed by atoms with E-state index >= 15 is 0 Å². The highest BCUT2D eigenvalue weighted by Gasteiger charge is 2.32. The number of anilines is 1. The van der Waals surface area contributed by atoms with Crippen molar-refractivity contribution in [1.29, 1.82) is 5.26 Å². The number of amides is 2. The van der Waals surface area contributed by atoms with E-state index in [9.17, 15) is 14.0 Å². The van der Waals surface area contributed by atoms with Crippen LogP contribution >= 0.6 is 0 Å². The second-order valence-electron chi connectivity index (χ2n) is 5.76. The largest absolute Gasteiger partial charge is 0.442 e. The zero-order valence-corrected chi connectivity index (χ0v) is 13.9. The number of rotatable bonds is 4. The number of ether oxygens (including phenoxy) is 1. The second kappa shape index (κ2) is 7.19. The van der Waals surface area contributed by atoms with Crippen LogP contribution in [0.1, 0.15) is 12.6 Å². The molecule has 1 aliphatic rings. The van der Waals surface area contributed by atoms with E-state index in [4.69, 9.17) is 10.00 Å². The topological polar surface area (TPSA) is 95.3 Å². The first-order valence-corrected chi connectivity index (χ1v) is 7.86. The van der Waals surface area contributed by atoms with Crippen molar-refractivity contribution in [1.82, 2.24) is 10.3 Å². The van der Waals surface area contributed by atoms with Gasteiger partial charge in [-0.2, -0.15) is 5.26 Å². The predicted octanol–water partition coefficient (Wildman–Crippen LogP) is 2.22. The van der Waals surface area contributed by atoms with Gasteiger partial charge in [0.15, 0.2) is 0 Å². The summed E-state index contributed by atoms with van der Waals surface area (Å²) in [5, 5.41) is 11.4. The van der Waals surface area contributed by atoms with Gasteiger partial charge in [0.05, 0.1) is 18.8 Å². The first-order valence-electron chi connectivity index (χ1n) is 7.86. The molecule has 8 heteroatoms. The Kier molecular flexibility index (Phi) is 4.80. The fourth-order valence-corrected chi connectivity index (χ4v) is 2.62. The molecule has 2 aromatic rings. The average Bonchev–Trinajstić information content (AvgIpc) is 3.01. The lowest BCUT2D eigenvalue weighted by molar-refractivity contribution is -0.119. The molecule has 7 nitrogen and oxygen atoms in total. The quantitative estimate of drug-likeness (QED) is 0.908. The first-order chi connectivity index (χ1) is 12.5. The third-order valence-corrected chi connectivity index (χ3v) is 3.91. The molecule has 132 valence electrons. The molecule has 0 spiro atoms. The number of nitrogens with one attached hydrogen (secondary N) is 1. The highest BCUT2D eigenvalue weighted by atomic mass is 19.1. The molecule has 1 atom stereocenters. The number of hydrogen-bond acceptors (Lipinski definition) is 5. The third kappa shape index (κ3) is 3.62. The maximum atomic E-state index is 14.5. The van der Waals surface area contributed by atoms with Gasteiger partial charge in [0, 0.05) is 24.2 Å². The SMILES string of the molecule is CC(=O)NCC1CN(c2ccc(-c3ccc(C#N)nc3)c(F)c2)C(=O)O1. The zero-order chi connectivity index (χ0) is 18.7. The Morgan fingerprint density at radius 2 is 2.27 bits per heavy atom. The Hall–Kier alpha value is -3.47. The molecule has 3 rings (SSSR count). The molecule has 2 amide bonds. The van der Waals surface area contributed by atoms with Crippen molar-refractivity contribution in [2.75, 3.05) is 18.0 Å². The molecular formula is C18H15FN4O3. The Bertz CT molecular complexity index is 892. The van der Waals surface area contributed by atoms with E-state index in [2.05, 4.69) is 10.3 Å². The number of halogens is 1. The van der Waals surface area contributed by atoms with Crippen LogP contribution < -0.4 is 10.2 Å². The average molecular weight is 354 g/mol. The number of pyridine rings is 1. The van der Waals surface area contributed by atoms with Gasteiger partial charge in [-0.1, -0.05) is 0 Å². The Labute approximate surface area is 149 Å². The first kappa shape index (κ1) is 17.4. The van der Waals surface area contributed by atoms with Crippen LogP contribution in [0.15, 0.2) is 36.5 Å².